The van der Waals surface area contributed by atoms with Gasteiger partial charge in [0.1, 0.15) is 0 Å². The zero-order valence-corrected chi connectivity index (χ0v) is 12.0. The maximum atomic E-state index is 12.2. The molecule has 4 nitrogen and oxygen atoms in total. The van der Waals surface area contributed by atoms with Crippen molar-refractivity contribution in [2.24, 2.45) is 0 Å². The van der Waals surface area contributed by atoms with Crippen LogP contribution < -0.4 is 10.9 Å². The van der Waals surface area contributed by atoms with E-state index in [1.807, 2.05) is 44.2 Å². The summed E-state index contributed by atoms with van der Waals surface area (Å²) in [5.74, 6) is 0.0394. The Hall–Kier alpha value is -2.10. The molecular weight excluding hydrogens is 252 g/mol. The minimum atomic E-state index is 0.00782. The number of para-hydroxylation sites is 1. The number of aryl methyl sites for hydroxylation is 1. The lowest BCUT2D eigenvalue weighted by molar-refractivity contribution is -0.121. The molecule has 2 aromatic rings. The number of hydrogen-bond acceptors (Lipinski definition) is 2. The second-order valence-electron chi connectivity index (χ2n) is 4.94. The van der Waals surface area contributed by atoms with Crippen LogP contribution in [0.4, 0.5) is 0 Å². The van der Waals surface area contributed by atoms with Gasteiger partial charge in [0.25, 0.3) is 5.56 Å². The molecule has 0 unspecified atom stereocenters. The summed E-state index contributed by atoms with van der Waals surface area (Å²) in [6.07, 6.45) is 1.36. The van der Waals surface area contributed by atoms with Crippen LogP contribution in [0.2, 0.25) is 0 Å². The fourth-order valence-corrected chi connectivity index (χ4v) is 2.32. The van der Waals surface area contributed by atoms with Crippen LogP contribution >= 0.6 is 0 Å². The number of hydrogen-bond donors (Lipinski definition) is 1. The molecule has 0 atom stereocenters. The van der Waals surface area contributed by atoms with E-state index in [2.05, 4.69) is 5.32 Å². The number of carbonyl (C=O) groups excluding carboxylic acids is 1. The first-order chi connectivity index (χ1) is 9.63. The Kier molecular flexibility index (Phi) is 4.56. The van der Waals surface area contributed by atoms with Gasteiger partial charge in [-0.3, -0.25) is 9.59 Å². The quantitative estimate of drug-likeness (QED) is 0.907. The summed E-state index contributed by atoms with van der Waals surface area (Å²) in [5.41, 5.74) is 1.64. The third-order valence-corrected chi connectivity index (χ3v) is 3.32. The van der Waals surface area contributed by atoms with Crippen LogP contribution in [0.15, 0.2) is 35.1 Å². The van der Waals surface area contributed by atoms with Gasteiger partial charge >= 0.3 is 0 Å². The van der Waals surface area contributed by atoms with Gasteiger partial charge < -0.3 is 9.88 Å². The lowest BCUT2D eigenvalue weighted by Crippen LogP contribution is -2.31. The maximum Gasteiger partial charge on any atom is 0.254 e. The summed E-state index contributed by atoms with van der Waals surface area (Å²) in [7, 11) is 0. The molecule has 0 aliphatic heterocycles. The Morgan fingerprint density at radius 3 is 2.80 bits per heavy atom. The van der Waals surface area contributed by atoms with Crippen molar-refractivity contribution in [2.75, 3.05) is 6.54 Å². The SMILES string of the molecule is CCCC(=O)NCCn1c(=O)c(C)cc2ccccc21. The number of fused-ring (bicyclic) bond motifs is 1. The third kappa shape index (κ3) is 3.07. The van der Waals surface area contributed by atoms with E-state index in [1.54, 1.807) is 4.57 Å². The van der Waals surface area contributed by atoms with E-state index < -0.39 is 0 Å². The van der Waals surface area contributed by atoms with Gasteiger partial charge in [0.15, 0.2) is 0 Å². The molecule has 0 saturated carbocycles. The van der Waals surface area contributed by atoms with E-state index in [-0.39, 0.29) is 11.5 Å². The van der Waals surface area contributed by atoms with Crippen molar-refractivity contribution in [3.8, 4) is 0 Å². The first kappa shape index (κ1) is 14.3. The highest BCUT2D eigenvalue weighted by atomic mass is 16.1. The number of pyridine rings is 1. The van der Waals surface area contributed by atoms with Gasteiger partial charge in [0.2, 0.25) is 5.91 Å². The van der Waals surface area contributed by atoms with Gasteiger partial charge in [0.05, 0.1) is 5.52 Å². The molecule has 0 spiro atoms. The predicted octanol–water partition coefficient (Wildman–Crippen LogP) is 2.23. The van der Waals surface area contributed by atoms with Crippen molar-refractivity contribution in [2.45, 2.75) is 33.2 Å². The van der Waals surface area contributed by atoms with Crippen LogP contribution in [-0.4, -0.2) is 17.0 Å². The molecule has 0 radical (unpaired) electrons. The molecule has 0 aliphatic rings. The Morgan fingerprint density at radius 2 is 2.05 bits per heavy atom. The normalized spacial score (nSPS) is 10.7. The van der Waals surface area contributed by atoms with Crippen molar-refractivity contribution in [3.63, 3.8) is 0 Å². The summed E-state index contributed by atoms with van der Waals surface area (Å²) in [6, 6.07) is 9.71. The van der Waals surface area contributed by atoms with E-state index in [0.717, 1.165) is 22.9 Å². The van der Waals surface area contributed by atoms with Crippen molar-refractivity contribution >= 4 is 16.8 Å². The minimum Gasteiger partial charge on any atom is -0.354 e. The molecule has 1 amide bonds. The smallest absolute Gasteiger partial charge is 0.254 e. The van der Waals surface area contributed by atoms with Crippen molar-refractivity contribution < 1.29 is 4.79 Å². The third-order valence-electron chi connectivity index (χ3n) is 3.32. The van der Waals surface area contributed by atoms with Crippen molar-refractivity contribution in [1.29, 1.82) is 0 Å². The molecule has 1 aromatic carbocycles. The molecule has 20 heavy (non-hydrogen) atoms. The number of nitrogens with zero attached hydrogens (tertiary/aromatic N) is 1. The average Bonchev–Trinajstić information content (AvgIpc) is 2.43. The number of rotatable bonds is 5. The van der Waals surface area contributed by atoms with E-state index >= 15 is 0 Å². The topological polar surface area (TPSA) is 51.1 Å². The Labute approximate surface area is 118 Å². The number of nitrogens with one attached hydrogen (secondary N) is 1. The van der Waals surface area contributed by atoms with Crippen molar-refractivity contribution in [1.82, 2.24) is 9.88 Å². The molecule has 0 bridgehead atoms. The minimum absolute atomic E-state index is 0.00782. The van der Waals surface area contributed by atoms with Crippen LogP contribution in [0.3, 0.4) is 0 Å². The first-order valence-corrected chi connectivity index (χ1v) is 6.99. The van der Waals surface area contributed by atoms with Crippen LogP contribution in [0.5, 0.6) is 0 Å². The van der Waals surface area contributed by atoms with E-state index in [0.29, 0.717) is 19.5 Å². The second-order valence-corrected chi connectivity index (χ2v) is 4.94. The number of aromatic nitrogens is 1. The zero-order valence-electron chi connectivity index (χ0n) is 12.0. The molecule has 106 valence electrons. The fourth-order valence-electron chi connectivity index (χ4n) is 2.32. The molecule has 0 fully saturated rings. The molecule has 4 heteroatoms. The standard InChI is InChI=1S/C16H20N2O2/c1-3-6-15(19)17-9-10-18-14-8-5-4-7-13(14)11-12(2)16(18)20/h4-5,7-8,11H,3,6,9-10H2,1-2H3,(H,17,19). The van der Waals surface area contributed by atoms with Crippen molar-refractivity contribution in [3.05, 3.63) is 46.2 Å². The molecule has 0 saturated heterocycles. The van der Waals surface area contributed by atoms with Crippen LogP contribution in [-0.2, 0) is 11.3 Å². The van der Waals surface area contributed by atoms with Crippen LogP contribution in [0.1, 0.15) is 25.3 Å². The van der Waals surface area contributed by atoms with Gasteiger partial charge in [-0.2, -0.15) is 0 Å². The molecule has 1 heterocycles. The van der Waals surface area contributed by atoms with Gasteiger partial charge in [-0.05, 0) is 30.9 Å². The lowest BCUT2D eigenvalue weighted by atomic mass is 10.1. The summed E-state index contributed by atoms with van der Waals surface area (Å²) in [4.78, 5) is 23.7. The Balaban J connectivity index is 2.23. The summed E-state index contributed by atoms with van der Waals surface area (Å²) < 4.78 is 1.73. The maximum absolute atomic E-state index is 12.2. The van der Waals surface area contributed by atoms with Gasteiger partial charge in [-0.15, -0.1) is 0 Å². The molecule has 0 aliphatic carbocycles. The second kappa shape index (κ2) is 6.37. The highest BCUT2D eigenvalue weighted by molar-refractivity contribution is 5.79. The number of carbonyl (C=O) groups is 1. The molecule has 1 N–H and O–H groups in total. The average molecular weight is 272 g/mol. The van der Waals surface area contributed by atoms with E-state index in [9.17, 15) is 9.59 Å². The Bertz CT molecular complexity index is 674. The summed E-state index contributed by atoms with van der Waals surface area (Å²) in [6.45, 7) is 4.77. The summed E-state index contributed by atoms with van der Waals surface area (Å²) >= 11 is 0. The van der Waals surface area contributed by atoms with E-state index in [1.165, 1.54) is 0 Å². The van der Waals surface area contributed by atoms with Gasteiger partial charge in [0, 0.05) is 25.1 Å². The Morgan fingerprint density at radius 1 is 1.30 bits per heavy atom. The monoisotopic (exact) mass is 272 g/mol. The van der Waals surface area contributed by atoms with Gasteiger partial charge in [-0.25, -0.2) is 0 Å². The fraction of sp³-hybridized carbons (Fsp3) is 0.375. The molecular formula is C16H20N2O2. The molecule has 1 aromatic heterocycles. The van der Waals surface area contributed by atoms with Crippen LogP contribution in [0, 0.1) is 6.92 Å². The number of benzene rings is 1. The first-order valence-electron chi connectivity index (χ1n) is 6.99. The van der Waals surface area contributed by atoms with Crippen LogP contribution in [0.25, 0.3) is 10.9 Å². The molecule has 2 rings (SSSR count). The lowest BCUT2D eigenvalue weighted by Gasteiger charge is -2.12. The zero-order chi connectivity index (χ0) is 14.5. The van der Waals surface area contributed by atoms with Gasteiger partial charge in [-0.1, -0.05) is 25.1 Å². The predicted molar refractivity (Wildman–Crippen MR) is 80.9 cm³/mol. The number of amides is 1. The highest BCUT2D eigenvalue weighted by Crippen LogP contribution is 2.12. The van der Waals surface area contributed by atoms with E-state index in [4.69, 9.17) is 0 Å². The summed E-state index contributed by atoms with van der Waals surface area (Å²) in [5, 5.41) is 3.89. The largest absolute Gasteiger partial charge is 0.354 e. The highest BCUT2D eigenvalue weighted by Gasteiger charge is 2.06.